The van der Waals surface area contributed by atoms with Gasteiger partial charge in [0.05, 0.1) is 17.0 Å². The fourth-order valence-electron chi connectivity index (χ4n) is 7.86. The van der Waals surface area contributed by atoms with Crippen molar-refractivity contribution in [2.24, 2.45) is 5.92 Å². The van der Waals surface area contributed by atoms with E-state index in [1.807, 2.05) is 27.7 Å². The Labute approximate surface area is 283 Å². The van der Waals surface area contributed by atoms with E-state index in [9.17, 15) is 28.2 Å². The first-order chi connectivity index (χ1) is 22.6. The highest BCUT2D eigenvalue weighted by Gasteiger charge is 2.48. The van der Waals surface area contributed by atoms with Crippen LogP contribution in [-0.4, -0.2) is 90.6 Å². The Hall–Kier alpha value is -2.81. The Bertz CT molecular complexity index is 1450. The first-order valence-electron chi connectivity index (χ1n) is 16.8. The number of rotatable bonds is 9. The van der Waals surface area contributed by atoms with Crippen molar-refractivity contribution in [1.82, 2.24) is 14.5 Å². The second-order valence-corrected chi connectivity index (χ2v) is 17.0. The maximum absolute atomic E-state index is 15.5. The van der Waals surface area contributed by atoms with Gasteiger partial charge in [-0.05, 0) is 102 Å². The largest absolute Gasteiger partial charge is 0.465 e. The SMILES string of the molecule is C[C@@H]1CC([C@H](c2ccc(F)cc2)[C@@H](C(=O)Nc2cccc(F)c2CC[C@H]2CN[C@@H]3CCC(C)(C)S(O)(O)N2C3)N(C)C(=O)O)C[C@H](C)O1. The fraction of sp³-hybridized carbons (Fsp3) is 0.600. The van der Waals surface area contributed by atoms with Gasteiger partial charge in [0.1, 0.15) is 17.7 Å². The van der Waals surface area contributed by atoms with E-state index in [0.717, 1.165) is 11.3 Å². The zero-order chi connectivity index (χ0) is 35.0. The summed E-state index contributed by atoms with van der Waals surface area (Å²) in [7, 11) is -1.77. The molecule has 2 amide bonds. The monoisotopic (exact) mass is 692 g/mol. The first kappa shape index (κ1) is 36.5. The molecule has 3 aliphatic rings. The number of likely N-dealkylation sites (N-methyl/N-ethyl adjacent to an activating group) is 1. The summed E-state index contributed by atoms with van der Waals surface area (Å²) in [5, 5.41) is 16.5. The summed E-state index contributed by atoms with van der Waals surface area (Å²) in [4.78, 5) is 27.8. The van der Waals surface area contributed by atoms with Gasteiger partial charge < -0.3 is 20.5 Å². The second kappa shape index (κ2) is 14.6. The van der Waals surface area contributed by atoms with Crippen molar-refractivity contribution < 1.29 is 37.3 Å². The maximum atomic E-state index is 15.5. The summed E-state index contributed by atoms with van der Waals surface area (Å²) in [6.45, 7) is 8.61. The van der Waals surface area contributed by atoms with Crippen molar-refractivity contribution in [1.29, 1.82) is 0 Å². The zero-order valence-electron chi connectivity index (χ0n) is 28.4. The molecule has 266 valence electrons. The fourth-order valence-corrected chi connectivity index (χ4v) is 9.87. The Kier molecular flexibility index (Phi) is 11.1. The van der Waals surface area contributed by atoms with Gasteiger partial charge in [0.15, 0.2) is 0 Å². The molecule has 0 spiro atoms. The van der Waals surface area contributed by atoms with E-state index in [4.69, 9.17) is 4.74 Å². The number of halogens is 2. The van der Waals surface area contributed by atoms with E-state index < -0.39 is 51.1 Å². The lowest BCUT2D eigenvalue weighted by Gasteiger charge is -2.55. The lowest BCUT2D eigenvalue weighted by atomic mass is 9.73. The molecule has 48 heavy (non-hydrogen) atoms. The van der Waals surface area contributed by atoms with Crippen LogP contribution in [0, 0.1) is 17.6 Å². The summed E-state index contributed by atoms with van der Waals surface area (Å²) < 4.78 is 59.4. The predicted molar refractivity (Wildman–Crippen MR) is 183 cm³/mol. The molecular formula is C35H50F2N4O6S. The van der Waals surface area contributed by atoms with Crippen molar-refractivity contribution >= 4 is 28.5 Å². The van der Waals surface area contributed by atoms with Crippen LogP contribution in [0.5, 0.6) is 0 Å². The Balaban J connectivity index is 1.44. The number of ether oxygens (including phenoxy) is 1. The number of carboxylic acid groups (broad SMARTS) is 1. The molecule has 3 heterocycles. The van der Waals surface area contributed by atoms with Crippen LogP contribution in [0.15, 0.2) is 42.5 Å². The van der Waals surface area contributed by atoms with E-state index >= 15 is 4.39 Å². The van der Waals surface area contributed by atoms with Crippen molar-refractivity contribution in [2.45, 2.75) is 107 Å². The van der Waals surface area contributed by atoms with E-state index in [-0.39, 0.29) is 47.9 Å². The number of hydrogen-bond acceptors (Lipinski definition) is 7. The van der Waals surface area contributed by atoms with Crippen LogP contribution in [-0.2, 0) is 16.0 Å². The number of piperazine rings is 1. The molecule has 8 atom stereocenters. The summed E-state index contributed by atoms with van der Waals surface area (Å²) in [5.41, 5.74) is 1.10. The number of nitrogens with zero attached hydrogens (tertiary/aromatic N) is 2. The molecule has 0 saturated carbocycles. The van der Waals surface area contributed by atoms with Crippen LogP contribution in [0.3, 0.4) is 0 Å². The molecule has 5 rings (SSSR count). The number of anilines is 1. The van der Waals surface area contributed by atoms with E-state index in [2.05, 4.69) is 10.6 Å². The number of amides is 2. The molecule has 5 N–H and O–H groups in total. The molecule has 3 fully saturated rings. The van der Waals surface area contributed by atoms with Crippen LogP contribution < -0.4 is 10.6 Å². The average molecular weight is 693 g/mol. The first-order valence-corrected chi connectivity index (χ1v) is 18.3. The van der Waals surface area contributed by atoms with E-state index in [1.165, 1.54) is 31.3 Å². The molecule has 2 aromatic rings. The minimum Gasteiger partial charge on any atom is -0.465 e. The second-order valence-electron chi connectivity index (χ2n) is 14.4. The topological polar surface area (TPSA) is 135 Å². The van der Waals surface area contributed by atoms with Gasteiger partial charge in [-0.2, -0.15) is 0 Å². The standard InChI is InChI=1S/C35H50F2N4O6S/c1-21-17-24(18-22(2)47-21)31(23-9-11-25(36)12-10-23)32(40(5)34(43)44)33(42)39-30-8-6-7-29(37)28(30)14-13-27-19-38-26-15-16-35(3,4)48(45,46)41(27)20-26/h6-12,21-22,24,26-27,31-32,38,45-46H,13-20H2,1-5H3,(H,39,42)(H,43,44)/t21-,22+,24?,26-,27+,31+,32+/m1/s1. The Morgan fingerprint density at radius 3 is 2.44 bits per heavy atom. The summed E-state index contributed by atoms with van der Waals surface area (Å²) in [5.74, 6) is -2.41. The number of carbonyl (C=O) groups excluding carboxylic acids is 1. The van der Waals surface area contributed by atoms with E-state index in [0.29, 0.717) is 44.3 Å². The van der Waals surface area contributed by atoms with Crippen molar-refractivity contribution in [3.05, 3.63) is 65.2 Å². The number of carbonyl (C=O) groups is 2. The molecule has 13 heteroatoms. The summed E-state index contributed by atoms with van der Waals surface area (Å²) in [6, 6.07) is 8.82. The third-order valence-corrected chi connectivity index (χ3v) is 13.3. The average Bonchev–Trinajstić information content (AvgIpc) is 3.08. The van der Waals surface area contributed by atoms with Gasteiger partial charge in [-0.1, -0.05) is 18.2 Å². The van der Waals surface area contributed by atoms with E-state index in [1.54, 1.807) is 22.5 Å². The lowest BCUT2D eigenvalue weighted by molar-refractivity contribution is -0.123. The van der Waals surface area contributed by atoms with Gasteiger partial charge in [-0.25, -0.2) is 17.9 Å². The van der Waals surface area contributed by atoms with Crippen LogP contribution in [0.4, 0.5) is 19.3 Å². The van der Waals surface area contributed by atoms with Gasteiger partial charge in [0.25, 0.3) is 0 Å². The Morgan fingerprint density at radius 1 is 1.12 bits per heavy atom. The smallest absolute Gasteiger partial charge is 0.407 e. The predicted octanol–water partition coefficient (Wildman–Crippen LogP) is 6.68. The molecule has 2 unspecified atom stereocenters. The van der Waals surface area contributed by atoms with Gasteiger partial charge in [0.2, 0.25) is 5.91 Å². The third kappa shape index (κ3) is 7.66. The minimum absolute atomic E-state index is 0.131. The highest BCUT2D eigenvalue weighted by Crippen LogP contribution is 2.60. The zero-order valence-corrected chi connectivity index (χ0v) is 29.2. The number of nitrogens with one attached hydrogen (secondary N) is 2. The molecule has 2 aromatic carbocycles. The molecular weight excluding hydrogens is 642 g/mol. The molecule has 0 radical (unpaired) electrons. The van der Waals surface area contributed by atoms with Crippen LogP contribution in [0.2, 0.25) is 0 Å². The molecule has 10 nitrogen and oxygen atoms in total. The van der Waals surface area contributed by atoms with Crippen molar-refractivity contribution in [3.8, 4) is 0 Å². The summed E-state index contributed by atoms with van der Waals surface area (Å²) >= 11 is 0. The van der Waals surface area contributed by atoms with Gasteiger partial charge in [-0.15, -0.1) is 10.8 Å². The minimum atomic E-state index is -3.11. The number of hydrogen-bond donors (Lipinski definition) is 5. The Morgan fingerprint density at radius 2 is 1.79 bits per heavy atom. The van der Waals surface area contributed by atoms with Gasteiger partial charge >= 0.3 is 6.09 Å². The quantitative estimate of drug-likeness (QED) is 0.197. The van der Waals surface area contributed by atoms with Gasteiger partial charge in [-0.3, -0.25) is 18.8 Å². The van der Waals surface area contributed by atoms with Crippen molar-refractivity contribution in [3.63, 3.8) is 0 Å². The molecule has 2 bridgehead atoms. The van der Waals surface area contributed by atoms with Gasteiger partial charge in [0, 0.05) is 49.4 Å². The highest BCUT2D eigenvalue weighted by atomic mass is 32.3. The third-order valence-electron chi connectivity index (χ3n) is 10.5. The molecule has 3 saturated heterocycles. The normalized spacial score (nSPS) is 29.9. The van der Waals surface area contributed by atoms with Crippen LogP contribution >= 0.6 is 10.8 Å². The molecule has 0 aromatic heterocycles. The highest BCUT2D eigenvalue weighted by molar-refractivity contribution is 8.23. The number of fused-ring (bicyclic) bond motifs is 2. The maximum Gasteiger partial charge on any atom is 0.407 e. The summed E-state index contributed by atoms with van der Waals surface area (Å²) in [6.07, 6.45) is 1.64. The van der Waals surface area contributed by atoms with Crippen LogP contribution in [0.1, 0.15) is 76.8 Å². The molecule has 0 aliphatic carbocycles. The van der Waals surface area contributed by atoms with Crippen LogP contribution in [0.25, 0.3) is 0 Å². The van der Waals surface area contributed by atoms with Crippen molar-refractivity contribution in [2.75, 3.05) is 25.5 Å². The number of benzene rings is 2. The lowest BCUT2D eigenvalue weighted by Crippen LogP contribution is -2.57. The molecule has 3 aliphatic heterocycles.